The number of likely N-dealkylation sites (N-methyl/N-ethyl adjacent to an activating group) is 1. The van der Waals surface area contributed by atoms with E-state index in [0.29, 0.717) is 18.0 Å². The van der Waals surface area contributed by atoms with Crippen molar-refractivity contribution in [2.24, 2.45) is 0 Å². The molecule has 204 valence electrons. The number of hydrogen-bond acceptors (Lipinski definition) is 6. The van der Waals surface area contributed by atoms with Crippen LogP contribution in [0.1, 0.15) is 47.1 Å². The Morgan fingerprint density at radius 2 is 1.82 bits per heavy atom. The Bertz CT molecular complexity index is 1480. The van der Waals surface area contributed by atoms with Gasteiger partial charge in [0.25, 0.3) is 5.91 Å². The lowest BCUT2D eigenvalue weighted by Crippen LogP contribution is -2.44. The zero-order chi connectivity index (χ0) is 27.7. The Hall–Kier alpha value is -3.91. The van der Waals surface area contributed by atoms with Crippen molar-refractivity contribution in [3.63, 3.8) is 0 Å². The maximum Gasteiger partial charge on any atom is 0.252 e. The fraction of sp³-hybridized carbons (Fsp3) is 0.387. The molecule has 1 aliphatic rings. The molecule has 8 heteroatoms. The van der Waals surface area contributed by atoms with Gasteiger partial charge in [-0.25, -0.2) is 9.97 Å². The van der Waals surface area contributed by atoms with Gasteiger partial charge in [0.15, 0.2) is 0 Å². The number of carbonyl (C=O) groups excluding carboxylic acids is 1. The van der Waals surface area contributed by atoms with Crippen molar-refractivity contribution in [3.8, 4) is 17.0 Å². The molecule has 8 nitrogen and oxygen atoms in total. The van der Waals surface area contributed by atoms with Crippen LogP contribution >= 0.6 is 0 Å². The number of carbonyl (C=O) groups is 1. The zero-order valence-corrected chi connectivity index (χ0v) is 23.8. The van der Waals surface area contributed by atoms with Crippen LogP contribution in [0.2, 0.25) is 0 Å². The molecule has 1 saturated heterocycles. The second-order valence-electron chi connectivity index (χ2n) is 10.7. The number of benzene rings is 1. The summed E-state index contributed by atoms with van der Waals surface area (Å²) in [6, 6.07) is 12.6. The third kappa shape index (κ3) is 5.47. The summed E-state index contributed by atoms with van der Waals surface area (Å²) in [6.07, 6.45) is 3.98. The predicted octanol–water partition coefficient (Wildman–Crippen LogP) is 4.99. The van der Waals surface area contributed by atoms with Crippen LogP contribution in [-0.4, -0.2) is 65.7 Å². The number of pyridine rings is 2. The lowest BCUT2D eigenvalue weighted by atomic mass is 10.00. The molecule has 4 heterocycles. The average molecular weight is 527 g/mol. The first-order valence-electron chi connectivity index (χ1n) is 13.6. The van der Waals surface area contributed by atoms with E-state index in [1.807, 2.05) is 38.2 Å². The summed E-state index contributed by atoms with van der Waals surface area (Å²) < 4.78 is 7.71. The molecule has 0 aliphatic carbocycles. The van der Waals surface area contributed by atoms with Crippen LogP contribution in [0, 0.1) is 13.8 Å². The van der Waals surface area contributed by atoms with Gasteiger partial charge in [-0.3, -0.25) is 4.79 Å². The number of hydrogen-bond donors (Lipinski definition) is 1. The van der Waals surface area contributed by atoms with Crippen molar-refractivity contribution in [2.75, 3.05) is 45.2 Å². The number of aromatic nitrogens is 3. The molecule has 1 aliphatic heterocycles. The second kappa shape index (κ2) is 11.1. The average Bonchev–Trinajstić information content (AvgIpc) is 3.36. The SMILES string of the molecule is COc1nc(C)cc(C)c1CNC(=O)c1cc(-c2ccc(N3CCN(C)CC3)nc2)cc2c1ccn2C(C)C. The molecule has 0 unspecified atom stereocenters. The van der Waals surface area contributed by atoms with E-state index in [1.54, 1.807) is 7.11 Å². The molecule has 0 saturated carbocycles. The van der Waals surface area contributed by atoms with E-state index < -0.39 is 0 Å². The van der Waals surface area contributed by atoms with Gasteiger partial charge in [0.05, 0.1) is 7.11 Å². The van der Waals surface area contributed by atoms with Crippen molar-refractivity contribution in [1.82, 2.24) is 24.8 Å². The molecule has 1 N–H and O–H groups in total. The minimum absolute atomic E-state index is 0.132. The molecule has 4 aromatic rings. The summed E-state index contributed by atoms with van der Waals surface area (Å²) in [5, 5.41) is 4.05. The van der Waals surface area contributed by atoms with Crippen molar-refractivity contribution < 1.29 is 9.53 Å². The van der Waals surface area contributed by atoms with Gasteiger partial charge >= 0.3 is 0 Å². The number of anilines is 1. The molecule has 0 bridgehead atoms. The first-order chi connectivity index (χ1) is 18.7. The molecule has 0 atom stereocenters. The summed E-state index contributed by atoms with van der Waals surface area (Å²) in [6.45, 7) is 12.6. The van der Waals surface area contributed by atoms with E-state index in [1.165, 1.54) is 0 Å². The summed E-state index contributed by atoms with van der Waals surface area (Å²) in [5.74, 6) is 1.41. The van der Waals surface area contributed by atoms with E-state index in [-0.39, 0.29) is 11.9 Å². The Kier molecular flexibility index (Phi) is 7.57. The van der Waals surface area contributed by atoms with Crippen molar-refractivity contribution in [1.29, 1.82) is 0 Å². The third-order valence-corrected chi connectivity index (χ3v) is 7.60. The Morgan fingerprint density at radius 1 is 1.05 bits per heavy atom. The van der Waals surface area contributed by atoms with Crippen molar-refractivity contribution >= 4 is 22.6 Å². The number of aryl methyl sites for hydroxylation is 2. The van der Waals surface area contributed by atoms with Crippen molar-refractivity contribution in [3.05, 3.63) is 71.2 Å². The number of amides is 1. The number of ether oxygens (including phenoxy) is 1. The van der Waals surface area contributed by atoms with Gasteiger partial charge in [0, 0.05) is 84.4 Å². The molecule has 1 amide bonds. The molecule has 3 aromatic heterocycles. The van der Waals surface area contributed by atoms with Crippen LogP contribution in [0.15, 0.2) is 48.8 Å². The highest BCUT2D eigenvalue weighted by atomic mass is 16.5. The third-order valence-electron chi connectivity index (χ3n) is 7.60. The first kappa shape index (κ1) is 26.7. The first-order valence-corrected chi connectivity index (χ1v) is 13.6. The van der Waals surface area contributed by atoms with Crippen molar-refractivity contribution in [2.45, 2.75) is 40.3 Å². The summed E-state index contributed by atoms with van der Waals surface area (Å²) in [5.41, 5.74) is 6.43. The van der Waals surface area contributed by atoms with Gasteiger partial charge in [0.1, 0.15) is 5.82 Å². The van der Waals surface area contributed by atoms with E-state index in [0.717, 1.165) is 70.8 Å². The molecule has 0 radical (unpaired) electrons. The lowest BCUT2D eigenvalue weighted by molar-refractivity contribution is 0.0952. The summed E-state index contributed by atoms with van der Waals surface area (Å²) in [7, 11) is 3.76. The minimum Gasteiger partial charge on any atom is -0.481 e. The second-order valence-corrected chi connectivity index (χ2v) is 10.7. The van der Waals surface area contributed by atoms with Gasteiger partial charge in [-0.15, -0.1) is 0 Å². The van der Waals surface area contributed by atoms with Crippen LogP contribution in [0.4, 0.5) is 5.82 Å². The number of rotatable bonds is 7. The number of piperazine rings is 1. The topological polar surface area (TPSA) is 75.5 Å². The number of methoxy groups -OCH3 is 1. The van der Waals surface area contributed by atoms with Gasteiger partial charge in [-0.05, 0) is 82.3 Å². The van der Waals surface area contributed by atoms with E-state index in [9.17, 15) is 4.79 Å². The minimum atomic E-state index is -0.132. The van der Waals surface area contributed by atoms with Crippen LogP contribution in [0.25, 0.3) is 22.0 Å². The quantitative estimate of drug-likeness (QED) is 0.366. The molecular weight excluding hydrogens is 488 g/mol. The number of nitrogens with zero attached hydrogens (tertiary/aromatic N) is 5. The van der Waals surface area contributed by atoms with Gasteiger partial charge in [0.2, 0.25) is 5.88 Å². The molecule has 0 spiro atoms. The van der Waals surface area contributed by atoms with Gasteiger partial charge in [-0.2, -0.15) is 0 Å². The Morgan fingerprint density at radius 3 is 2.49 bits per heavy atom. The van der Waals surface area contributed by atoms with E-state index in [4.69, 9.17) is 9.72 Å². The monoisotopic (exact) mass is 526 g/mol. The highest BCUT2D eigenvalue weighted by molar-refractivity contribution is 6.08. The van der Waals surface area contributed by atoms with Crippen LogP contribution in [0.3, 0.4) is 0 Å². The molecule has 5 rings (SSSR count). The van der Waals surface area contributed by atoms with Gasteiger partial charge in [-0.1, -0.05) is 0 Å². The maximum atomic E-state index is 13.7. The largest absolute Gasteiger partial charge is 0.481 e. The van der Waals surface area contributed by atoms with E-state index in [2.05, 4.69) is 70.0 Å². The fourth-order valence-electron chi connectivity index (χ4n) is 5.32. The molecule has 1 aromatic carbocycles. The van der Waals surface area contributed by atoms with Crippen LogP contribution in [0.5, 0.6) is 5.88 Å². The van der Waals surface area contributed by atoms with E-state index >= 15 is 0 Å². The standard InChI is InChI=1S/C31H38N6O2/c1-20(2)37-10-9-25-26(30(38)33-19-27-21(3)15-22(4)34-31(27)39-6)16-24(17-28(25)37)23-7-8-29(32-18-23)36-13-11-35(5)12-14-36/h7-10,15-18,20H,11-14,19H2,1-6H3,(H,33,38). The summed E-state index contributed by atoms with van der Waals surface area (Å²) in [4.78, 5) is 27.6. The zero-order valence-electron chi connectivity index (χ0n) is 23.8. The normalized spacial score (nSPS) is 14.3. The molecule has 39 heavy (non-hydrogen) atoms. The smallest absolute Gasteiger partial charge is 0.252 e. The number of fused-ring (bicyclic) bond motifs is 1. The number of nitrogens with one attached hydrogen (secondary N) is 1. The molecule has 1 fully saturated rings. The van der Waals surface area contributed by atoms with Crippen LogP contribution in [-0.2, 0) is 6.54 Å². The lowest BCUT2D eigenvalue weighted by Gasteiger charge is -2.33. The molecular formula is C31H38N6O2. The maximum absolute atomic E-state index is 13.7. The van der Waals surface area contributed by atoms with Gasteiger partial charge < -0.3 is 24.4 Å². The Balaban J connectivity index is 1.47. The Labute approximate surface area is 230 Å². The predicted molar refractivity (Wildman–Crippen MR) is 157 cm³/mol. The summed E-state index contributed by atoms with van der Waals surface area (Å²) >= 11 is 0. The highest BCUT2D eigenvalue weighted by Gasteiger charge is 2.19. The highest BCUT2D eigenvalue weighted by Crippen LogP contribution is 2.31. The van der Waals surface area contributed by atoms with Crippen LogP contribution < -0.4 is 15.0 Å². The fourth-order valence-corrected chi connectivity index (χ4v) is 5.32.